The highest BCUT2D eigenvalue weighted by atomic mass is 32.2. The zero-order chi connectivity index (χ0) is 12.4. The van der Waals surface area contributed by atoms with Crippen LogP contribution in [0.25, 0.3) is 11.3 Å². The third-order valence-electron chi connectivity index (χ3n) is 2.29. The summed E-state index contributed by atoms with van der Waals surface area (Å²) in [5.41, 5.74) is 3.27. The quantitative estimate of drug-likeness (QED) is 0.786. The van der Waals surface area contributed by atoms with Gasteiger partial charge in [0.05, 0.1) is 5.69 Å². The smallest absolute Gasteiger partial charge is 0.160 e. The summed E-state index contributed by atoms with van der Waals surface area (Å²) in [6, 6.07) is 10.0. The Balaban J connectivity index is 2.80. The second-order valence-electron chi connectivity index (χ2n) is 3.53. The van der Waals surface area contributed by atoms with E-state index < -0.39 is 0 Å². The minimum Gasteiger partial charge on any atom is -0.336 e. The van der Waals surface area contributed by atoms with Crippen LogP contribution < -0.4 is 0 Å². The van der Waals surface area contributed by atoms with E-state index in [-0.39, 0.29) is 0 Å². The molecule has 0 aliphatic rings. The van der Waals surface area contributed by atoms with Crippen LogP contribution in [0.5, 0.6) is 0 Å². The summed E-state index contributed by atoms with van der Waals surface area (Å²) in [5, 5.41) is 9.16. The first-order valence-electron chi connectivity index (χ1n) is 4.86. The lowest BCUT2D eigenvalue weighted by molar-refractivity contribution is 1.32. The fourth-order valence-corrected chi connectivity index (χ4v) is 3.03. The molecule has 1 N–H and O–H groups in total. The number of rotatable bonds is 1. The van der Waals surface area contributed by atoms with Gasteiger partial charge in [-0.2, -0.15) is 5.26 Å². The van der Waals surface area contributed by atoms with Crippen molar-refractivity contribution in [2.75, 3.05) is 0 Å². The van der Waals surface area contributed by atoms with Crippen LogP contribution in [0.15, 0.2) is 24.3 Å². The first kappa shape index (κ1) is 12.1. The van der Waals surface area contributed by atoms with Crippen LogP contribution in [0.2, 0.25) is 0 Å². The Hall–Kier alpha value is -1.35. The molecular weight excluding hydrogens is 268 g/mol. The van der Waals surface area contributed by atoms with Crippen molar-refractivity contribution in [2.45, 2.75) is 6.92 Å². The van der Waals surface area contributed by atoms with Gasteiger partial charge in [-0.15, -0.1) is 0 Å². The third-order valence-corrected chi connectivity index (χ3v) is 3.77. The van der Waals surface area contributed by atoms with E-state index in [1.165, 1.54) is 11.3 Å². The number of aromatic amines is 1. The fraction of sp³-hybridized carbons (Fsp3) is 0.0833. The second-order valence-corrected chi connectivity index (χ2v) is 5.89. The number of nitrogens with zero attached hydrogens (tertiary/aromatic N) is 1. The summed E-state index contributed by atoms with van der Waals surface area (Å²) in [6.45, 7) is 2.00. The van der Waals surface area contributed by atoms with Crippen molar-refractivity contribution in [3.8, 4) is 17.3 Å². The van der Waals surface area contributed by atoms with E-state index in [9.17, 15) is 0 Å². The number of benzene rings is 1. The molecule has 0 bridgehead atoms. The maximum atomic E-state index is 9.16. The predicted molar refractivity (Wildman–Crippen MR) is 75.2 cm³/mol. The van der Waals surface area contributed by atoms with Gasteiger partial charge in [0.25, 0.3) is 0 Å². The molecule has 17 heavy (non-hydrogen) atoms. The zero-order valence-electron chi connectivity index (χ0n) is 8.98. The maximum Gasteiger partial charge on any atom is 0.160 e. The molecule has 5 heteroatoms. The first-order chi connectivity index (χ1) is 8.11. The van der Waals surface area contributed by atoms with Gasteiger partial charge in [0.1, 0.15) is 15.5 Å². The van der Waals surface area contributed by atoms with E-state index in [1.54, 1.807) is 0 Å². The molecule has 0 aliphatic heterocycles. The summed E-state index contributed by atoms with van der Waals surface area (Å²) in [7, 11) is 0. The monoisotopic (exact) mass is 276 g/mol. The molecular formula is C12H8N2S3. The van der Waals surface area contributed by atoms with Crippen molar-refractivity contribution in [3.05, 3.63) is 43.2 Å². The Morgan fingerprint density at radius 1 is 1.35 bits per heavy atom. The first-order valence-corrected chi connectivity index (χ1v) is 6.49. The summed E-state index contributed by atoms with van der Waals surface area (Å²) >= 11 is 11.5. The van der Waals surface area contributed by atoms with Crippen LogP contribution in [0.3, 0.4) is 0 Å². The van der Waals surface area contributed by atoms with Gasteiger partial charge in [-0.1, -0.05) is 47.3 Å². The average Bonchev–Trinajstić information content (AvgIpc) is 2.28. The molecule has 0 unspecified atom stereocenters. The molecule has 0 aliphatic carbocycles. The molecule has 0 atom stereocenters. The molecule has 2 aromatic rings. The Bertz CT molecular complexity index is 720. The van der Waals surface area contributed by atoms with Crippen molar-refractivity contribution in [1.82, 2.24) is 4.98 Å². The fourth-order valence-electron chi connectivity index (χ4n) is 1.55. The van der Waals surface area contributed by atoms with Crippen LogP contribution in [0.1, 0.15) is 11.1 Å². The normalized spacial score (nSPS) is 9.88. The summed E-state index contributed by atoms with van der Waals surface area (Å²) in [6.07, 6.45) is 0. The van der Waals surface area contributed by atoms with Gasteiger partial charge >= 0.3 is 0 Å². The van der Waals surface area contributed by atoms with Crippen molar-refractivity contribution >= 4 is 35.8 Å². The molecule has 2 nitrogen and oxygen atoms in total. The lowest BCUT2D eigenvalue weighted by Gasteiger charge is -2.05. The Morgan fingerprint density at radius 3 is 2.76 bits per heavy atom. The van der Waals surface area contributed by atoms with Gasteiger partial charge in [-0.05, 0) is 30.8 Å². The molecule has 84 valence electrons. The second kappa shape index (κ2) is 4.88. The molecule has 1 aromatic heterocycles. The van der Waals surface area contributed by atoms with E-state index in [0.29, 0.717) is 19.0 Å². The van der Waals surface area contributed by atoms with E-state index in [1.807, 2.05) is 31.2 Å². The molecule has 1 aromatic carbocycles. The summed E-state index contributed by atoms with van der Waals surface area (Å²) in [4.78, 5) is 3.06. The van der Waals surface area contributed by atoms with Gasteiger partial charge in [-0.3, -0.25) is 0 Å². The Morgan fingerprint density at radius 2 is 2.12 bits per heavy atom. The third kappa shape index (κ3) is 2.50. The highest BCUT2D eigenvalue weighted by Gasteiger charge is 2.08. The summed E-state index contributed by atoms with van der Waals surface area (Å²) in [5.74, 6) is 0. The number of H-pyrrole nitrogens is 1. The van der Waals surface area contributed by atoms with E-state index >= 15 is 0 Å². The van der Waals surface area contributed by atoms with Crippen molar-refractivity contribution in [2.24, 2.45) is 0 Å². The molecule has 1 heterocycles. The number of nitriles is 1. The number of hydrogen-bond donors (Lipinski definition) is 1. The molecule has 0 saturated carbocycles. The highest BCUT2D eigenvalue weighted by Crippen LogP contribution is 2.24. The van der Waals surface area contributed by atoms with Crippen LogP contribution in [-0.2, 0) is 0 Å². The maximum absolute atomic E-state index is 9.16. The van der Waals surface area contributed by atoms with Crippen molar-refractivity contribution in [1.29, 1.82) is 5.26 Å². The molecule has 0 radical (unpaired) electrons. The van der Waals surface area contributed by atoms with Gasteiger partial charge in [0.2, 0.25) is 0 Å². The van der Waals surface area contributed by atoms with E-state index in [2.05, 4.69) is 11.1 Å². The van der Waals surface area contributed by atoms with Crippen LogP contribution in [0.4, 0.5) is 0 Å². The Labute approximate surface area is 113 Å². The zero-order valence-corrected chi connectivity index (χ0v) is 11.4. The molecule has 0 saturated heterocycles. The topological polar surface area (TPSA) is 39.6 Å². The highest BCUT2D eigenvalue weighted by molar-refractivity contribution is 7.75. The average molecular weight is 276 g/mol. The molecule has 0 spiro atoms. The van der Waals surface area contributed by atoms with E-state index in [0.717, 1.165) is 11.1 Å². The van der Waals surface area contributed by atoms with Gasteiger partial charge in [0, 0.05) is 0 Å². The largest absolute Gasteiger partial charge is 0.336 e. The Kier molecular flexibility index (Phi) is 3.48. The van der Waals surface area contributed by atoms with Crippen molar-refractivity contribution < 1.29 is 0 Å². The predicted octanol–water partition coefficient (Wildman–Crippen LogP) is 4.38. The summed E-state index contributed by atoms with van der Waals surface area (Å²) < 4.78 is 1.12. The lowest BCUT2D eigenvalue weighted by Crippen LogP contribution is -1.90. The van der Waals surface area contributed by atoms with Gasteiger partial charge < -0.3 is 4.98 Å². The van der Waals surface area contributed by atoms with Crippen molar-refractivity contribution in [3.63, 3.8) is 0 Å². The molecule has 2 rings (SSSR count). The van der Waals surface area contributed by atoms with E-state index in [4.69, 9.17) is 29.7 Å². The molecule has 0 amide bonds. The number of nitrogens with one attached hydrogen (secondary N) is 1. The minimum atomic E-state index is 0.490. The standard InChI is InChI=1S/C12H8N2S3/c1-7-3-2-4-8(5-7)10-9(6-13)11(15)17-12(16)14-10/h2-5H,1H3,(H,14,16). The lowest BCUT2D eigenvalue weighted by atomic mass is 10.1. The minimum absolute atomic E-state index is 0.490. The van der Waals surface area contributed by atoms with Crippen LogP contribution >= 0.6 is 35.8 Å². The number of aryl methyl sites for hydroxylation is 1. The number of aromatic nitrogens is 1. The van der Waals surface area contributed by atoms with Gasteiger partial charge in [0.15, 0.2) is 3.95 Å². The SMILES string of the molecule is Cc1cccc(-c2[nH]c(=S)sc(=S)c2C#N)c1. The van der Waals surface area contributed by atoms with Gasteiger partial charge in [-0.25, -0.2) is 0 Å². The van der Waals surface area contributed by atoms with Crippen LogP contribution in [0, 0.1) is 26.0 Å². The molecule has 0 fully saturated rings. The number of hydrogen-bond acceptors (Lipinski definition) is 4. The van der Waals surface area contributed by atoms with Crippen LogP contribution in [-0.4, -0.2) is 4.98 Å².